The number of imidazole rings is 1. The lowest BCUT2D eigenvalue weighted by atomic mass is 10.1. The van der Waals surface area contributed by atoms with E-state index in [9.17, 15) is 9.59 Å². The third kappa shape index (κ3) is 4.24. The van der Waals surface area contributed by atoms with Crippen LogP contribution in [0.5, 0.6) is 5.88 Å². The van der Waals surface area contributed by atoms with Gasteiger partial charge >= 0.3 is 5.69 Å². The first-order chi connectivity index (χ1) is 17.8. The first-order valence-corrected chi connectivity index (χ1v) is 12.4. The van der Waals surface area contributed by atoms with Gasteiger partial charge < -0.3 is 15.4 Å². The van der Waals surface area contributed by atoms with E-state index in [1.807, 2.05) is 24.3 Å². The Kier molecular flexibility index (Phi) is 6.67. The Morgan fingerprint density at radius 1 is 1.19 bits per heavy atom. The normalized spacial score (nSPS) is 15.7. The Labute approximate surface area is 218 Å². The van der Waals surface area contributed by atoms with Crippen LogP contribution in [0.3, 0.4) is 0 Å². The van der Waals surface area contributed by atoms with Gasteiger partial charge in [-0.2, -0.15) is 4.98 Å². The van der Waals surface area contributed by atoms with Gasteiger partial charge in [-0.3, -0.25) is 18.5 Å². The molecular formula is C26H28ClN7O3. The van der Waals surface area contributed by atoms with Gasteiger partial charge in [0.1, 0.15) is 5.02 Å². The zero-order valence-electron chi connectivity index (χ0n) is 21.0. The molecular weight excluding hydrogens is 494 g/mol. The summed E-state index contributed by atoms with van der Waals surface area (Å²) in [6.07, 6.45) is 1.85. The molecule has 1 unspecified atom stereocenters. The monoisotopic (exact) mass is 521 g/mol. The number of nitrogens with two attached hydrogens (primary N) is 1. The van der Waals surface area contributed by atoms with Crippen LogP contribution in [0.4, 0.5) is 5.95 Å². The molecule has 0 spiro atoms. The summed E-state index contributed by atoms with van der Waals surface area (Å²) in [5.41, 5.74) is 6.39. The molecule has 5 rings (SSSR count). The number of aromatic nitrogens is 5. The van der Waals surface area contributed by atoms with Crippen LogP contribution in [0, 0.1) is 11.8 Å². The van der Waals surface area contributed by atoms with Crippen LogP contribution in [0.25, 0.3) is 21.9 Å². The summed E-state index contributed by atoms with van der Waals surface area (Å²) in [5, 5.41) is 1.83. The Morgan fingerprint density at radius 2 is 1.95 bits per heavy atom. The maximum atomic E-state index is 13.9. The zero-order valence-corrected chi connectivity index (χ0v) is 21.7. The summed E-state index contributed by atoms with van der Waals surface area (Å²) in [5.74, 6) is 6.76. The maximum Gasteiger partial charge on any atom is 0.332 e. The lowest BCUT2D eigenvalue weighted by Gasteiger charge is -2.31. The van der Waals surface area contributed by atoms with E-state index in [4.69, 9.17) is 27.1 Å². The number of benzene rings is 1. The van der Waals surface area contributed by atoms with Gasteiger partial charge in [0, 0.05) is 37.0 Å². The van der Waals surface area contributed by atoms with Crippen molar-refractivity contribution in [1.29, 1.82) is 0 Å². The molecule has 2 N–H and O–H groups in total. The molecule has 0 bridgehead atoms. The first kappa shape index (κ1) is 24.9. The molecule has 1 atom stereocenters. The highest BCUT2D eigenvalue weighted by Crippen LogP contribution is 2.33. The maximum absolute atomic E-state index is 13.9. The van der Waals surface area contributed by atoms with Crippen LogP contribution in [0.2, 0.25) is 5.02 Å². The highest BCUT2D eigenvalue weighted by atomic mass is 35.5. The molecule has 11 heteroatoms. The average molecular weight is 522 g/mol. The molecule has 10 nitrogen and oxygen atoms in total. The van der Waals surface area contributed by atoms with Crippen molar-refractivity contribution in [3.8, 4) is 17.7 Å². The van der Waals surface area contributed by atoms with Crippen LogP contribution >= 0.6 is 11.6 Å². The lowest BCUT2D eigenvalue weighted by Crippen LogP contribution is -2.44. The number of nitrogens with zero attached hydrogens (tertiary/aromatic N) is 6. The van der Waals surface area contributed by atoms with Gasteiger partial charge in [0.15, 0.2) is 11.2 Å². The van der Waals surface area contributed by atoms with Gasteiger partial charge in [-0.25, -0.2) is 9.78 Å². The number of halogens is 1. The Morgan fingerprint density at radius 3 is 2.65 bits per heavy atom. The number of hydrogen-bond donors (Lipinski definition) is 1. The summed E-state index contributed by atoms with van der Waals surface area (Å²) in [7, 11) is 3.09. The summed E-state index contributed by atoms with van der Waals surface area (Å²) < 4.78 is 9.73. The van der Waals surface area contributed by atoms with Crippen molar-refractivity contribution in [3.63, 3.8) is 0 Å². The lowest BCUT2D eigenvalue weighted by molar-refractivity contribution is 0.397. The molecule has 1 aliphatic heterocycles. The van der Waals surface area contributed by atoms with E-state index < -0.39 is 11.2 Å². The molecule has 1 saturated heterocycles. The second-order valence-corrected chi connectivity index (χ2v) is 9.48. The molecule has 0 radical (unpaired) electrons. The minimum atomic E-state index is -0.495. The number of hydrogen-bond acceptors (Lipinski definition) is 7. The number of aryl methyl sites for hydroxylation is 1. The molecule has 4 aromatic rings. The van der Waals surface area contributed by atoms with Gasteiger partial charge in [-0.05, 0) is 19.8 Å². The fraction of sp³-hybridized carbons (Fsp3) is 0.385. The average Bonchev–Trinajstić information content (AvgIpc) is 3.29. The summed E-state index contributed by atoms with van der Waals surface area (Å²) in [6.45, 7) is 3.32. The van der Waals surface area contributed by atoms with Crippen LogP contribution < -0.4 is 26.6 Å². The van der Waals surface area contributed by atoms with E-state index in [0.717, 1.165) is 30.2 Å². The van der Waals surface area contributed by atoms with E-state index >= 15 is 0 Å². The molecule has 1 aliphatic rings. The molecule has 4 heterocycles. The van der Waals surface area contributed by atoms with Crippen molar-refractivity contribution in [2.24, 2.45) is 12.8 Å². The van der Waals surface area contributed by atoms with Gasteiger partial charge in [-0.1, -0.05) is 41.8 Å². The summed E-state index contributed by atoms with van der Waals surface area (Å²) in [4.78, 5) is 38.7. The van der Waals surface area contributed by atoms with Crippen molar-refractivity contribution in [3.05, 3.63) is 55.8 Å². The van der Waals surface area contributed by atoms with Gasteiger partial charge in [0.05, 0.1) is 25.9 Å². The van der Waals surface area contributed by atoms with Crippen LogP contribution in [-0.4, -0.2) is 49.9 Å². The Hall–Kier alpha value is -3.81. The third-order valence-electron chi connectivity index (χ3n) is 6.77. The second kappa shape index (κ2) is 9.92. The standard InChI is InChI=1S/C26H28ClN7O3/c1-4-5-13-33-21-22(30-25(33)32-12-8-9-16(28)14-32)31(2)26(36)34(24(21)35)15-19-17-10-6-7-11-18(17)20(27)23(29-19)37-3/h6-7,10-11,16H,8-9,12-15,28H2,1-3H3. The molecule has 1 fully saturated rings. The molecule has 3 aromatic heterocycles. The number of ether oxygens (including phenoxy) is 1. The van der Waals surface area contributed by atoms with Crippen molar-refractivity contribution in [1.82, 2.24) is 23.7 Å². The van der Waals surface area contributed by atoms with E-state index in [2.05, 4.69) is 21.7 Å². The zero-order chi connectivity index (χ0) is 26.3. The molecule has 0 amide bonds. The van der Waals surface area contributed by atoms with Gasteiger partial charge in [-0.15, -0.1) is 5.92 Å². The molecule has 192 valence electrons. The number of methoxy groups -OCH3 is 1. The van der Waals surface area contributed by atoms with Gasteiger partial charge in [0.25, 0.3) is 5.56 Å². The van der Waals surface area contributed by atoms with Crippen molar-refractivity contribution < 1.29 is 4.74 Å². The van der Waals surface area contributed by atoms with E-state index in [1.54, 1.807) is 18.5 Å². The summed E-state index contributed by atoms with van der Waals surface area (Å²) in [6, 6.07) is 7.43. The molecule has 1 aromatic carbocycles. The largest absolute Gasteiger partial charge is 0.480 e. The Bertz CT molecular complexity index is 1690. The minimum Gasteiger partial charge on any atom is -0.480 e. The first-order valence-electron chi connectivity index (χ1n) is 12.1. The number of pyridine rings is 1. The number of rotatable bonds is 5. The van der Waals surface area contributed by atoms with E-state index in [-0.39, 0.29) is 25.0 Å². The Balaban J connectivity index is 1.74. The van der Waals surface area contributed by atoms with Crippen LogP contribution in [0.1, 0.15) is 25.5 Å². The van der Waals surface area contributed by atoms with Crippen molar-refractivity contribution in [2.75, 3.05) is 25.1 Å². The fourth-order valence-electron chi connectivity index (χ4n) is 4.92. The van der Waals surface area contributed by atoms with Crippen LogP contribution in [-0.2, 0) is 20.1 Å². The van der Waals surface area contributed by atoms with E-state index in [1.165, 1.54) is 16.2 Å². The predicted octanol–water partition coefficient (Wildman–Crippen LogP) is 2.11. The molecule has 0 aliphatic carbocycles. The predicted molar refractivity (Wildman–Crippen MR) is 145 cm³/mol. The quantitative estimate of drug-likeness (QED) is 0.400. The topological polar surface area (TPSA) is 113 Å². The fourth-order valence-corrected chi connectivity index (χ4v) is 5.20. The highest BCUT2D eigenvalue weighted by molar-refractivity contribution is 6.36. The number of fused-ring (bicyclic) bond motifs is 2. The SMILES string of the molecule is CC#CCn1c(N2CCCC(N)C2)nc2c1c(=O)n(Cc1nc(OC)c(Cl)c3ccccc13)c(=O)n2C. The highest BCUT2D eigenvalue weighted by Gasteiger charge is 2.26. The number of anilines is 1. The van der Waals surface area contributed by atoms with Crippen molar-refractivity contribution >= 4 is 39.5 Å². The van der Waals surface area contributed by atoms with Gasteiger partial charge in [0.2, 0.25) is 11.8 Å². The second-order valence-electron chi connectivity index (χ2n) is 9.11. The third-order valence-corrected chi connectivity index (χ3v) is 7.13. The smallest absolute Gasteiger partial charge is 0.332 e. The van der Waals surface area contributed by atoms with Crippen LogP contribution in [0.15, 0.2) is 33.9 Å². The van der Waals surface area contributed by atoms with Crippen molar-refractivity contribution in [2.45, 2.75) is 38.9 Å². The van der Waals surface area contributed by atoms with E-state index in [0.29, 0.717) is 34.4 Å². The number of piperidine rings is 1. The molecule has 0 saturated carbocycles. The molecule has 37 heavy (non-hydrogen) atoms. The minimum absolute atomic E-state index is 0.0130. The summed E-state index contributed by atoms with van der Waals surface area (Å²) >= 11 is 6.48.